The minimum atomic E-state index is -4.49. The summed E-state index contributed by atoms with van der Waals surface area (Å²) in [6.07, 6.45) is -3.67. The number of anilines is 1. The van der Waals surface area contributed by atoms with Crippen LogP contribution in [0.5, 0.6) is 0 Å². The summed E-state index contributed by atoms with van der Waals surface area (Å²) < 4.78 is 39.6. The number of pyridine rings is 1. The number of fused-ring (bicyclic) bond motifs is 1. The highest BCUT2D eigenvalue weighted by molar-refractivity contribution is 6.32. The van der Waals surface area contributed by atoms with Gasteiger partial charge in [-0.15, -0.1) is 0 Å². The molecule has 0 saturated heterocycles. The Kier molecular flexibility index (Phi) is 4.33. The SMILES string of the molecule is CCCNc1c(C)c(C(F)(F)F)nc2c(C)c(Cl)ccc12. The Morgan fingerprint density at radius 3 is 2.43 bits per heavy atom. The molecule has 0 bridgehead atoms. The zero-order valence-corrected chi connectivity index (χ0v) is 12.8. The first-order chi connectivity index (χ1) is 9.77. The van der Waals surface area contributed by atoms with Crippen LogP contribution in [0.1, 0.15) is 30.2 Å². The van der Waals surface area contributed by atoms with Gasteiger partial charge in [-0.1, -0.05) is 18.5 Å². The fourth-order valence-corrected chi connectivity index (χ4v) is 2.44. The Hall–Kier alpha value is -1.49. The smallest absolute Gasteiger partial charge is 0.384 e. The standard InChI is InChI=1S/C15H16ClF3N2/c1-4-7-20-12-9(3)14(15(17,18)19)21-13-8(2)11(16)6-5-10(12)13/h5-6H,4,7H2,1-3H3,(H,20,21). The summed E-state index contributed by atoms with van der Waals surface area (Å²) in [5, 5.41) is 4.16. The third-order valence-corrected chi connectivity index (χ3v) is 3.82. The molecule has 21 heavy (non-hydrogen) atoms. The molecule has 1 aromatic carbocycles. The lowest BCUT2D eigenvalue weighted by atomic mass is 10.0. The average molecular weight is 317 g/mol. The molecule has 0 amide bonds. The van der Waals surface area contributed by atoms with Crippen molar-refractivity contribution in [2.75, 3.05) is 11.9 Å². The molecule has 0 aliphatic heterocycles. The van der Waals surface area contributed by atoms with Crippen LogP contribution in [0.2, 0.25) is 5.02 Å². The molecule has 0 atom stereocenters. The van der Waals surface area contributed by atoms with E-state index < -0.39 is 11.9 Å². The fraction of sp³-hybridized carbons (Fsp3) is 0.400. The van der Waals surface area contributed by atoms with Crippen LogP contribution in [-0.4, -0.2) is 11.5 Å². The normalized spacial score (nSPS) is 12.0. The molecular weight excluding hydrogens is 301 g/mol. The van der Waals surface area contributed by atoms with Crippen LogP contribution in [-0.2, 0) is 6.18 Å². The van der Waals surface area contributed by atoms with Crippen LogP contribution < -0.4 is 5.32 Å². The zero-order valence-electron chi connectivity index (χ0n) is 12.0. The third-order valence-electron chi connectivity index (χ3n) is 3.41. The van der Waals surface area contributed by atoms with Gasteiger partial charge in [0.15, 0.2) is 0 Å². The van der Waals surface area contributed by atoms with E-state index in [9.17, 15) is 13.2 Å². The largest absolute Gasteiger partial charge is 0.433 e. The number of nitrogens with zero attached hydrogens (tertiary/aromatic N) is 1. The van der Waals surface area contributed by atoms with Crippen molar-refractivity contribution >= 4 is 28.2 Å². The van der Waals surface area contributed by atoms with Crippen molar-refractivity contribution in [1.82, 2.24) is 4.98 Å². The second-order valence-electron chi connectivity index (χ2n) is 4.95. The lowest BCUT2D eigenvalue weighted by molar-refractivity contribution is -0.141. The molecule has 0 aliphatic rings. The predicted octanol–water partition coefficient (Wildman–Crippen LogP) is 5.35. The van der Waals surface area contributed by atoms with E-state index in [1.807, 2.05) is 6.92 Å². The van der Waals surface area contributed by atoms with E-state index in [0.717, 1.165) is 6.42 Å². The molecule has 6 heteroatoms. The van der Waals surface area contributed by atoms with Gasteiger partial charge in [0.2, 0.25) is 0 Å². The average Bonchev–Trinajstić information content (AvgIpc) is 2.40. The van der Waals surface area contributed by atoms with Crippen molar-refractivity contribution in [1.29, 1.82) is 0 Å². The number of aromatic nitrogens is 1. The highest BCUT2D eigenvalue weighted by atomic mass is 35.5. The topological polar surface area (TPSA) is 24.9 Å². The third kappa shape index (κ3) is 2.93. The van der Waals surface area contributed by atoms with Crippen LogP contribution in [0.15, 0.2) is 12.1 Å². The van der Waals surface area contributed by atoms with Crippen molar-refractivity contribution in [2.45, 2.75) is 33.4 Å². The van der Waals surface area contributed by atoms with Gasteiger partial charge >= 0.3 is 6.18 Å². The van der Waals surface area contributed by atoms with Crippen molar-refractivity contribution in [2.24, 2.45) is 0 Å². The summed E-state index contributed by atoms with van der Waals surface area (Å²) in [7, 11) is 0. The van der Waals surface area contributed by atoms with E-state index in [1.54, 1.807) is 19.1 Å². The quantitative estimate of drug-likeness (QED) is 0.826. The van der Waals surface area contributed by atoms with Crippen molar-refractivity contribution in [3.05, 3.63) is 34.0 Å². The summed E-state index contributed by atoms with van der Waals surface area (Å²) in [6, 6.07) is 3.40. The Morgan fingerprint density at radius 2 is 1.86 bits per heavy atom. The maximum Gasteiger partial charge on any atom is 0.433 e. The molecule has 114 valence electrons. The van der Waals surface area contributed by atoms with Crippen molar-refractivity contribution < 1.29 is 13.2 Å². The second-order valence-corrected chi connectivity index (χ2v) is 5.36. The highest BCUT2D eigenvalue weighted by Crippen LogP contribution is 2.38. The fourth-order valence-electron chi connectivity index (χ4n) is 2.29. The van der Waals surface area contributed by atoms with Crippen LogP contribution in [0, 0.1) is 13.8 Å². The summed E-state index contributed by atoms with van der Waals surface area (Å²) in [5.41, 5.74) is 0.580. The van der Waals surface area contributed by atoms with E-state index in [-0.39, 0.29) is 5.56 Å². The maximum absolute atomic E-state index is 13.2. The number of aryl methyl sites for hydroxylation is 1. The molecule has 0 saturated carbocycles. The van der Waals surface area contributed by atoms with Gasteiger partial charge in [0, 0.05) is 28.2 Å². The summed E-state index contributed by atoms with van der Waals surface area (Å²) >= 11 is 6.01. The first-order valence-corrected chi connectivity index (χ1v) is 7.05. The summed E-state index contributed by atoms with van der Waals surface area (Å²) in [4.78, 5) is 3.83. The van der Waals surface area contributed by atoms with Gasteiger partial charge in [-0.2, -0.15) is 13.2 Å². The van der Waals surface area contributed by atoms with Gasteiger partial charge in [0.1, 0.15) is 5.69 Å². The minimum absolute atomic E-state index is 0.116. The first-order valence-electron chi connectivity index (χ1n) is 6.67. The second kappa shape index (κ2) is 5.72. The van der Waals surface area contributed by atoms with Crippen molar-refractivity contribution in [3.63, 3.8) is 0 Å². The number of hydrogen-bond acceptors (Lipinski definition) is 2. The van der Waals surface area contributed by atoms with Gasteiger partial charge in [-0.05, 0) is 38.0 Å². The van der Waals surface area contributed by atoms with E-state index in [2.05, 4.69) is 10.3 Å². The lowest BCUT2D eigenvalue weighted by Crippen LogP contribution is -2.14. The summed E-state index contributed by atoms with van der Waals surface area (Å²) in [5.74, 6) is 0. The molecule has 2 aromatic rings. The first kappa shape index (κ1) is 15.9. The van der Waals surface area contributed by atoms with E-state index in [0.29, 0.717) is 33.7 Å². The van der Waals surface area contributed by atoms with Crippen LogP contribution in [0.3, 0.4) is 0 Å². The highest BCUT2D eigenvalue weighted by Gasteiger charge is 2.36. The Morgan fingerprint density at radius 1 is 1.19 bits per heavy atom. The number of halogens is 4. The molecule has 0 spiro atoms. The molecule has 1 heterocycles. The monoisotopic (exact) mass is 316 g/mol. The molecule has 0 fully saturated rings. The summed E-state index contributed by atoms with van der Waals surface area (Å²) in [6.45, 7) is 5.67. The molecule has 1 aromatic heterocycles. The van der Waals surface area contributed by atoms with Gasteiger partial charge < -0.3 is 5.32 Å². The Balaban J connectivity index is 2.83. The van der Waals surface area contributed by atoms with E-state index >= 15 is 0 Å². The molecular formula is C15H16ClF3N2. The van der Waals surface area contributed by atoms with Crippen LogP contribution in [0.4, 0.5) is 18.9 Å². The van der Waals surface area contributed by atoms with E-state index in [4.69, 9.17) is 11.6 Å². The molecule has 0 aliphatic carbocycles. The lowest BCUT2D eigenvalue weighted by Gasteiger charge is -2.18. The Labute approximate surface area is 126 Å². The number of nitrogens with one attached hydrogen (secondary N) is 1. The number of hydrogen-bond donors (Lipinski definition) is 1. The number of benzene rings is 1. The molecule has 0 unspecified atom stereocenters. The predicted molar refractivity (Wildman–Crippen MR) is 80.0 cm³/mol. The zero-order chi connectivity index (χ0) is 15.8. The molecule has 1 N–H and O–H groups in total. The maximum atomic E-state index is 13.2. The van der Waals surface area contributed by atoms with Gasteiger partial charge in [0.25, 0.3) is 0 Å². The van der Waals surface area contributed by atoms with E-state index in [1.165, 1.54) is 6.92 Å². The molecule has 0 radical (unpaired) electrons. The van der Waals surface area contributed by atoms with Crippen LogP contribution >= 0.6 is 11.6 Å². The molecule has 2 rings (SSSR count). The number of alkyl halides is 3. The van der Waals surface area contributed by atoms with Crippen LogP contribution in [0.25, 0.3) is 10.9 Å². The van der Waals surface area contributed by atoms with Gasteiger partial charge in [-0.25, -0.2) is 4.98 Å². The van der Waals surface area contributed by atoms with Crippen molar-refractivity contribution in [3.8, 4) is 0 Å². The minimum Gasteiger partial charge on any atom is -0.384 e. The Bertz CT molecular complexity index is 681. The number of rotatable bonds is 3. The van der Waals surface area contributed by atoms with Gasteiger partial charge in [-0.3, -0.25) is 0 Å². The van der Waals surface area contributed by atoms with Gasteiger partial charge in [0.05, 0.1) is 5.52 Å². The molecule has 2 nitrogen and oxygen atoms in total.